The van der Waals surface area contributed by atoms with Gasteiger partial charge in [0.25, 0.3) is 0 Å². The minimum atomic E-state index is 0.384. The SMILES string of the molecule is CCn1ccsc1=NC(=S)S. The minimum absolute atomic E-state index is 0.384. The molecule has 11 heavy (non-hydrogen) atoms. The number of rotatable bonds is 1. The van der Waals surface area contributed by atoms with Gasteiger partial charge in [0.1, 0.15) is 0 Å². The van der Waals surface area contributed by atoms with Crippen LogP contribution in [0, 0.1) is 0 Å². The summed E-state index contributed by atoms with van der Waals surface area (Å²) >= 11 is 10.2. The molecule has 0 aliphatic rings. The molecule has 1 heterocycles. The highest BCUT2D eigenvalue weighted by molar-refractivity contribution is 8.11. The average molecular weight is 204 g/mol. The Morgan fingerprint density at radius 2 is 2.64 bits per heavy atom. The number of aromatic nitrogens is 1. The van der Waals surface area contributed by atoms with Crippen LogP contribution in [-0.2, 0) is 6.54 Å². The summed E-state index contributed by atoms with van der Waals surface area (Å²) in [7, 11) is 0. The number of thiocarbonyl (C=S) groups is 1. The maximum Gasteiger partial charge on any atom is 0.191 e. The van der Waals surface area contributed by atoms with Gasteiger partial charge in [-0.05, 0) is 6.92 Å². The van der Waals surface area contributed by atoms with Crippen LogP contribution in [0.5, 0.6) is 0 Å². The van der Waals surface area contributed by atoms with Crippen molar-refractivity contribution < 1.29 is 0 Å². The Morgan fingerprint density at radius 1 is 1.91 bits per heavy atom. The molecule has 2 nitrogen and oxygen atoms in total. The molecular formula is C6H8N2S3. The fourth-order valence-corrected chi connectivity index (χ4v) is 1.81. The van der Waals surface area contributed by atoms with Gasteiger partial charge in [-0.1, -0.05) is 12.2 Å². The lowest BCUT2D eigenvalue weighted by Crippen LogP contribution is -2.13. The van der Waals surface area contributed by atoms with Crippen LogP contribution in [0.25, 0.3) is 0 Å². The Labute approximate surface area is 80.0 Å². The van der Waals surface area contributed by atoms with Gasteiger partial charge in [0.2, 0.25) is 0 Å². The van der Waals surface area contributed by atoms with Crippen molar-refractivity contribution >= 4 is 40.5 Å². The number of aryl methyl sites for hydroxylation is 1. The molecule has 0 saturated heterocycles. The molecule has 0 unspecified atom stereocenters. The fourth-order valence-electron chi connectivity index (χ4n) is 0.709. The smallest absolute Gasteiger partial charge is 0.191 e. The van der Waals surface area contributed by atoms with Gasteiger partial charge < -0.3 is 4.57 Å². The van der Waals surface area contributed by atoms with Gasteiger partial charge in [-0.25, -0.2) is 4.99 Å². The summed E-state index contributed by atoms with van der Waals surface area (Å²) in [6, 6.07) is 0. The second kappa shape index (κ2) is 4.04. The standard InChI is InChI=1S/C6H8N2S3/c1-2-8-3-4-11-5(8)7-6(9)10/h3-4H,2H2,1H3,(H,9,10). The third kappa shape index (κ3) is 2.43. The average Bonchev–Trinajstić information content (AvgIpc) is 2.34. The number of thiazole rings is 1. The van der Waals surface area contributed by atoms with Gasteiger partial charge in [-0.15, -0.1) is 24.0 Å². The summed E-state index contributed by atoms with van der Waals surface area (Å²) < 4.78 is 2.40. The molecule has 0 N–H and O–H groups in total. The molecule has 0 fully saturated rings. The highest BCUT2D eigenvalue weighted by Gasteiger charge is 1.90. The molecule has 1 aromatic rings. The van der Waals surface area contributed by atoms with E-state index in [1.54, 1.807) is 11.3 Å². The normalized spacial score (nSPS) is 12.0. The summed E-state index contributed by atoms with van der Waals surface area (Å²) in [5.41, 5.74) is 0. The van der Waals surface area contributed by atoms with Crippen molar-refractivity contribution in [1.82, 2.24) is 4.57 Å². The number of hydrogen-bond acceptors (Lipinski definition) is 2. The molecule has 0 spiro atoms. The highest BCUT2D eigenvalue weighted by Crippen LogP contribution is 1.91. The van der Waals surface area contributed by atoms with E-state index in [9.17, 15) is 0 Å². The van der Waals surface area contributed by atoms with Gasteiger partial charge >= 0.3 is 0 Å². The lowest BCUT2D eigenvalue weighted by molar-refractivity contribution is 0.739. The predicted molar refractivity (Wildman–Crippen MR) is 55.1 cm³/mol. The van der Waals surface area contributed by atoms with E-state index in [-0.39, 0.29) is 0 Å². The van der Waals surface area contributed by atoms with E-state index in [0.29, 0.717) is 4.32 Å². The van der Waals surface area contributed by atoms with Crippen molar-refractivity contribution in [3.05, 3.63) is 16.4 Å². The lowest BCUT2D eigenvalue weighted by atomic mass is 10.7. The lowest BCUT2D eigenvalue weighted by Gasteiger charge is -1.93. The summed E-state index contributed by atoms with van der Waals surface area (Å²) in [5, 5.41) is 1.98. The Hall–Kier alpha value is -0.130. The van der Waals surface area contributed by atoms with Crippen molar-refractivity contribution in [3.8, 4) is 0 Å². The van der Waals surface area contributed by atoms with Crippen LogP contribution >= 0.6 is 36.2 Å². The van der Waals surface area contributed by atoms with Crippen molar-refractivity contribution in [1.29, 1.82) is 0 Å². The zero-order valence-corrected chi connectivity index (χ0v) is 8.55. The van der Waals surface area contributed by atoms with E-state index in [2.05, 4.69) is 24.5 Å². The third-order valence-corrected chi connectivity index (χ3v) is 2.18. The summed E-state index contributed by atoms with van der Waals surface area (Å²) in [6.07, 6.45) is 1.98. The van der Waals surface area contributed by atoms with Crippen LogP contribution in [0.3, 0.4) is 0 Å². The van der Waals surface area contributed by atoms with Gasteiger partial charge in [0.05, 0.1) is 0 Å². The van der Waals surface area contributed by atoms with E-state index in [1.807, 2.05) is 16.1 Å². The van der Waals surface area contributed by atoms with Gasteiger partial charge in [-0.2, -0.15) is 0 Å². The molecule has 0 aliphatic heterocycles. The minimum Gasteiger partial charge on any atom is -0.324 e. The third-order valence-electron chi connectivity index (χ3n) is 1.19. The van der Waals surface area contributed by atoms with Crippen LogP contribution in [0.1, 0.15) is 6.92 Å². The second-order valence-electron chi connectivity index (χ2n) is 1.87. The number of hydrogen-bond donors (Lipinski definition) is 1. The van der Waals surface area contributed by atoms with Crippen molar-refractivity contribution in [2.45, 2.75) is 13.5 Å². The van der Waals surface area contributed by atoms with Crippen LogP contribution < -0.4 is 4.80 Å². The molecule has 0 aliphatic carbocycles. The molecule has 0 bridgehead atoms. The zero-order chi connectivity index (χ0) is 8.27. The van der Waals surface area contributed by atoms with E-state index in [0.717, 1.165) is 11.3 Å². The van der Waals surface area contributed by atoms with E-state index < -0.39 is 0 Å². The van der Waals surface area contributed by atoms with Crippen LogP contribution in [-0.4, -0.2) is 8.89 Å². The first-order valence-corrected chi connectivity index (χ1v) is 4.89. The predicted octanol–water partition coefficient (Wildman–Crippen LogP) is 1.68. The van der Waals surface area contributed by atoms with Crippen LogP contribution in [0.15, 0.2) is 16.6 Å². The molecule has 0 aromatic carbocycles. The first-order chi connectivity index (χ1) is 5.24. The molecule has 5 heteroatoms. The summed E-state index contributed by atoms with van der Waals surface area (Å²) in [5.74, 6) is 0. The van der Waals surface area contributed by atoms with E-state index >= 15 is 0 Å². The maximum absolute atomic E-state index is 4.74. The topological polar surface area (TPSA) is 17.3 Å². The van der Waals surface area contributed by atoms with Gasteiger partial charge in [0, 0.05) is 18.1 Å². The molecule has 0 radical (unpaired) electrons. The maximum atomic E-state index is 4.74. The molecule has 1 aromatic heterocycles. The monoisotopic (exact) mass is 204 g/mol. The van der Waals surface area contributed by atoms with Crippen molar-refractivity contribution in [2.75, 3.05) is 0 Å². The Balaban J connectivity index is 3.11. The summed E-state index contributed by atoms with van der Waals surface area (Å²) in [4.78, 5) is 4.98. The van der Waals surface area contributed by atoms with Crippen LogP contribution in [0.4, 0.5) is 0 Å². The highest BCUT2D eigenvalue weighted by atomic mass is 32.1. The van der Waals surface area contributed by atoms with Crippen molar-refractivity contribution in [2.24, 2.45) is 4.99 Å². The van der Waals surface area contributed by atoms with E-state index in [4.69, 9.17) is 12.2 Å². The van der Waals surface area contributed by atoms with Gasteiger partial charge in [-0.3, -0.25) is 0 Å². The number of thiol groups is 1. The zero-order valence-electron chi connectivity index (χ0n) is 6.02. The largest absolute Gasteiger partial charge is 0.324 e. The second-order valence-corrected chi connectivity index (χ2v) is 3.85. The van der Waals surface area contributed by atoms with Gasteiger partial charge in [0.15, 0.2) is 9.12 Å². The molecule has 60 valence electrons. The molecule has 0 saturated carbocycles. The number of nitrogens with zero attached hydrogens (tertiary/aromatic N) is 2. The quantitative estimate of drug-likeness (QED) is 0.544. The molecular weight excluding hydrogens is 196 g/mol. The Kier molecular flexibility index (Phi) is 3.29. The van der Waals surface area contributed by atoms with E-state index in [1.165, 1.54) is 0 Å². The Bertz CT molecular complexity index is 310. The first-order valence-electron chi connectivity index (χ1n) is 3.15. The first kappa shape index (κ1) is 8.96. The van der Waals surface area contributed by atoms with Crippen LogP contribution in [0.2, 0.25) is 0 Å². The van der Waals surface area contributed by atoms with Crippen molar-refractivity contribution in [3.63, 3.8) is 0 Å². The molecule has 0 amide bonds. The fraction of sp³-hybridized carbons (Fsp3) is 0.333. The Morgan fingerprint density at radius 3 is 3.18 bits per heavy atom. The molecule has 0 atom stereocenters. The summed E-state index contributed by atoms with van der Waals surface area (Å²) in [6.45, 7) is 2.98. The molecule has 1 rings (SSSR count).